The predicted molar refractivity (Wildman–Crippen MR) is 82.0 cm³/mol. The molecule has 21 heavy (non-hydrogen) atoms. The van der Waals surface area contributed by atoms with Crippen molar-refractivity contribution in [1.29, 1.82) is 0 Å². The van der Waals surface area contributed by atoms with Crippen LogP contribution in [-0.4, -0.2) is 36.7 Å². The number of halogens is 1. The van der Waals surface area contributed by atoms with E-state index in [1.54, 1.807) is 24.1 Å². The summed E-state index contributed by atoms with van der Waals surface area (Å²) in [5.41, 5.74) is 0. The molecule has 5 heteroatoms. The number of urea groups is 1. The van der Waals surface area contributed by atoms with E-state index in [4.69, 9.17) is 4.74 Å². The van der Waals surface area contributed by atoms with E-state index in [9.17, 15) is 9.18 Å². The number of ether oxygens (including phenoxy) is 1. The fourth-order valence-corrected chi connectivity index (χ4v) is 1.92. The quantitative estimate of drug-likeness (QED) is 0.837. The van der Waals surface area contributed by atoms with E-state index in [1.165, 1.54) is 12.1 Å². The molecule has 0 spiro atoms. The minimum atomic E-state index is -0.296. The van der Waals surface area contributed by atoms with E-state index in [0.29, 0.717) is 12.4 Å². The van der Waals surface area contributed by atoms with Gasteiger partial charge in [-0.3, -0.25) is 0 Å². The summed E-state index contributed by atoms with van der Waals surface area (Å²) < 4.78 is 18.3. The molecule has 4 nitrogen and oxygen atoms in total. The number of carbonyl (C=O) groups excluding carboxylic acids is 1. The molecule has 0 heterocycles. The van der Waals surface area contributed by atoms with E-state index >= 15 is 0 Å². The minimum Gasteiger partial charge on any atom is -0.491 e. The van der Waals surface area contributed by atoms with Crippen LogP contribution in [0.5, 0.6) is 5.75 Å². The van der Waals surface area contributed by atoms with Gasteiger partial charge >= 0.3 is 6.03 Å². The van der Waals surface area contributed by atoms with Crippen LogP contribution in [0, 0.1) is 5.82 Å². The van der Waals surface area contributed by atoms with Crippen molar-refractivity contribution in [2.45, 2.75) is 45.7 Å². The Bertz CT molecular complexity index is 436. The number of rotatable bonds is 7. The van der Waals surface area contributed by atoms with E-state index in [0.717, 1.165) is 12.8 Å². The lowest BCUT2D eigenvalue weighted by Crippen LogP contribution is -2.47. The molecule has 0 bridgehead atoms. The standard InChI is InChI=1S/C16H25FN2O2/c1-5-6-13(3)19(4)16(20)18-12(2)11-21-15-9-7-14(17)8-10-15/h7-10,12-13H,5-6,11H2,1-4H3,(H,18,20)/t12-,13+/m1/s1. The highest BCUT2D eigenvalue weighted by atomic mass is 19.1. The molecule has 1 aromatic carbocycles. The van der Waals surface area contributed by atoms with Crippen LogP contribution >= 0.6 is 0 Å². The Balaban J connectivity index is 2.37. The lowest BCUT2D eigenvalue weighted by molar-refractivity contribution is 0.181. The molecule has 118 valence electrons. The summed E-state index contributed by atoms with van der Waals surface area (Å²) in [5, 5.41) is 2.89. The number of hydrogen-bond acceptors (Lipinski definition) is 2. The van der Waals surface area contributed by atoms with Crippen molar-refractivity contribution in [3.63, 3.8) is 0 Å². The normalized spacial score (nSPS) is 13.4. The summed E-state index contributed by atoms with van der Waals surface area (Å²) in [7, 11) is 1.79. The van der Waals surface area contributed by atoms with Crippen LogP contribution in [0.15, 0.2) is 24.3 Å². The molecule has 0 saturated heterocycles. The molecule has 0 fully saturated rings. The zero-order chi connectivity index (χ0) is 15.8. The van der Waals surface area contributed by atoms with Gasteiger partial charge in [0.15, 0.2) is 0 Å². The van der Waals surface area contributed by atoms with Crippen molar-refractivity contribution in [2.24, 2.45) is 0 Å². The van der Waals surface area contributed by atoms with Gasteiger partial charge in [-0.05, 0) is 44.5 Å². The Kier molecular flexibility index (Phi) is 6.99. The monoisotopic (exact) mass is 296 g/mol. The van der Waals surface area contributed by atoms with Crippen molar-refractivity contribution in [1.82, 2.24) is 10.2 Å². The van der Waals surface area contributed by atoms with E-state index in [1.807, 2.05) is 13.8 Å². The molecule has 0 aliphatic rings. The van der Waals surface area contributed by atoms with Gasteiger partial charge in [0.25, 0.3) is 0 Å². The molecule has 0 saturated carbocycles. The summed E-state index contributed by atoms with van der Waals surface area (Å²) in [5.74, 6) is 0.292. The highest BCUT2D eigenvalue weighted by Gasteiger charge is 2.16. The van der Waals surface area contributed by atoms with Crippen LogP contribution in [0.3, 0.4) is 0 Å². The first-order valence-electron chi connectivity index (χ1n) is 7.35. The summed E-state index contributed by atoms with van der Waals surface area (Å²) >= 11 is 0. The van der Waals surface area contributed by atoms with Gasteiger partial charge < -0.3 is 15.0 Å². The van der Waals surface area contributed by atoms with Crippen LogP contribution in [0.2, 0.25) is 0 Å². The summed E-state index contributed by atoms with van der Waals surface area (Å²) in [6.07, 6.45) is 2.02. The maximum atomic E-state index is 12.8. The Morgan fingerprint density at radius 1 is 1.33 bits per heavy atom. The van der Waals surface area contributed by atoms with Gasteiger partial charge in [-0.25, -0.2) is 9.18 Å². The molecule has 0 radical (unpaired) electrons. The number of hydrogen-bond donors (Lipinski definition) is 1. The smallest absolute Gasteiger partial charge is 0.317 e. The Morgan fingerprint density at radius 3 is 2.52 bits per heavy atom. The van der Waals surface area contributed by atoms with Crippen molar-refractivity contribution in [3.05, 3.63) is 30.1 Å². The lowest BCUT2D eigenvalue weighted by Gasteiger charge is -2.26. The molecule has 0 unspecified atom stereocenters. The zero-order valence-corrected chi connectivity index (χ0v) is 13.2. The molecule has 0 aliphatic carbocycles. The van der Waals surface area contributed by atoms with Gasteiger partial charge in [-0.15, -0.1) is 0 Å². The van der Waals surface area contributed by atoms with Crippen LogP contribution in [-0.2, 0) is 0 Å². The van der Waals surface area contributed by atoms with E-state index in [-0.39, 0.29) is 23.9 Å². The molecule has 1 aromatic rings. The molecule has 0 aliphatic heterocycles. The fraction of sp³-hybridized carbons (Fsp3) is 0.562. The van der Waals surface area contributed by atoms with Gasteiger partial charge in [0.05, 0.1) is 6.04 Å². The van der Waals surface area contributed by atoms with E-state index < -0.39 is 0 Å². The summed E-state index contributed by atoms with van der Waals surface area (Å²) in [6, 6.07) is 5.81. The summed E-state index contributed by atoms with van der Waals surface area (Å²) in [4.78, 5) is 13.7. The number of carbonyl (C=O) groups is 1. The van der Waals surface area contributed by atoms with Gasteiger partial charge in [-0.1, -0.05) is 13.3 Å². The van der Waals surface area contributed by atoms with Crippen molar-refractivity contribution >= 4 is 6.03 Å². The molecule has 2 atom stereocenters. The third-order valence-corrected chi connectivity index (χ3v) is 3.37. The molecule has 2 amide bonds. The number of amides is 2. The van der Waals surface area contributed by atoms with Crippen molar-refractivity contribution < 1.29 is 13.9 Å². The van der Waals surface area contributed by atoms with Crippen LogP contribution < -0.4 is 10.1 Å². The maximum Gasteiger partial charge on any atom is 0.317 e. The van der Waals surface area contributed by atoms with Gasteiger partial charge in [0.2, 0.25) is 0 Å². The van der Waals surface area contributed by atoms with Gasteiger partial charge in [0.1, 0.15) is 18.2 Å². The first-order valence-corrected chi connectivity index (χ1v) is 7.35. The third kappa shape index (κ3) is 6.02. The first-order chi connectivity index (χ1) is 9.93. The lowest BCUT2D eigenvalue weighted by atomic mass is 10.2. The molecule has 1 N–H and O–H groups in total. The molecular weight excluding hydrogens is 271 g/mol. The number of nitrogens with one attached hydrogen (secondary N) is 1. The highest BCUT2D eigenvalue weighted by Crippen LogP contribution is 2.11. The largest absolute Gasteiger partial charge is 0.491 e. The van der Waals surface area contributed by atoms with Crippen LogP contribution in [0.1, 0.15) is 33.6 Å². The number of benzene rings is 1. The first kappa shape index (κ1) is 17.3. The highest BCUT2D eigenvalue weighted by molar-refractivity contribution is 5.74. The van der Waals surface area contributed by atoms with Gasteiger partial charge in [-0.2, -0.15) is 0 Å². The maximum absolute atomic E-state index is 12.8. The Labute approximate surface area is 126 Å². The summed E-state index contributed by atoms with van der Waals surface area (Å²) in [6.45, 7) is 6.34. The minimum absolute atomic E-state index is 0.105. The Hall–Kier alpha value is -1.78. The van der Waals surface area contributed by atoms with Crippen LogP contribution in [0.4, 0.5) is 9.18 Å². The second-order valence-corrected chi connectivity index (χ2v) is 5.36. The van der Waals surface area contributed by atoms with Crippen LogP contribution in [0.25, 0.3) is 0 Å². The van der Waals surface area contributed by atoms with Gasteiger partial charge in [0, 0.05) is 13.1 Å². The van der Waals surface area contributed by atoms with E-state index in [2.05, 4.69) is 12.2 Å². The second kappa shape index (κ2) is 8.49. The average molecular weight is 296 g/mol. The SMILES string of the molecule is CCC[C@H](C)N(C)C(=O)N[C@H](C)COc1ccc(F)cc1. The molecular formula is C16H25FN2O2. The topological polar surface area (TPSA) is 41.6 Å². The third-order valence-electron chi connectivity index (χ3n) is 3.37. The number of nitrogens with zero attached hydrogens (tertiary/aromatic N) is 1. The average Bonchev–Trinajstić information content (AvgIpc) is 2.46. The predicted octanol–water partition coefficient (Wildman–Crippen LogP) is 3.42. The van der Waals surface area contributed by atoms with Crippen molar-refractivity contribution in [2.75, 3.05) is 13.7 Å². The molecule has 1 rings (SSSR count). The Morgan fingerprint density at radius 2 is 1.95 bits per heavy atom. The fourth-order valence-electron chi connectivity index (χ4n) is 1.92. The zero-order valence-electron chi connectivity index (χ0n) is 13.2. The second-order valence-electron chi connectivity index (χ2n) is 5.36. The molecule has 0 aromatic heterocycles. The van der Waals surface area contributed by atoms with Crippen molar-refractivity contribution in [3.8, 4) is 5.75 Å².